The molecule has 7 heteroatoms. The van der Waals surface area contributed by atoms with Gasteiger partial charge in [-0.25, -0.2) is 9.97 Å². The molecule has 3 heterocycles. The minimum absolute atomic E-state index is 0.623. The summed E-state index contributed by atoms with van der Waals surface area (Å²) in [5.74, 6) is 0.770. The zero-order chi connectivity index (χ0) is 17.9. The number of aryl methyl sites for hydroxylation is 1. The Morgan fingerprint density at radius 1 is 1.19 bits per heavy atom. The molecule has 0 aliphatic carbocycles. The Morgan fingerprint density at radius 3 is 2.92 bits per heavy atom. The fourth-order valence-electron chi connectivity index (χ4n) is 3.02. The molecule has 0 fully saturated rings. The number of hydrogen-bond donors (Lipinski definition) is 1. The number of fused-ring (bicyclic) bond motifs is 1. The highest BCUT2D eigenvalue weighted by Gasteiger charge is 2.20. The molecule has 0 bridgehead atoms. The monoisotopic (exact) mass is 348 g/mol. The van der Waals surface area contributed by atoms with Crippen molar-refractivity contribution in [2.24, 2.45) is 12.0 Å². The number of nitrogens with one attached hydrogen (secondary N) is 1. The molecule has 132 valence electrons. The van der Waals surface area contributed by atoms with Gasteiger partial charge in [0.2, 0.25) is 0 Å². The zero-order valence-corrected chi connectivity index (χ0v) is 14.8. The molecule has 0 spiro atoms. The van der Waals surface area contributed by atoms with Crippen molar-refractivity contribution < 1.29 is 4.74 Å². The van der Waals surface area contributed by atoms with Crippen LogP contribution < -0.4 is 5.32 Å². The van der Waals surface area contributed by atoms with Crippen LogP contribution in [0, 0.1) is 0 Å². The quantitative estimate of drug-likeness (QED) is 0.692. The average Bonchev–Trinajstić information content (AvgIpc) is 3.28. The van der Waals surface area contributed by atoms with Gasteiger partial charge >= 0.3 is 0 Å². The van der Waals surface area contributed by atoms with Crippen LogP contribution >= 0.6 is 0 Å². The van der Waals surface area contributed by atoms with E-state index in [2.05, 4.69) is 38.6 Å². The number of anilines is 1. The summed E-state index contributed by atoms with van der Waals surface area (Å²) in [6.45, 7) is 1.99. The minimum atomic E-state index is 0.623. The van der Waals surface area contributed by atoms with Gasteiger partial charge in [-0.15, -0.1) is 0 Å². The van der Waals surface area contributed by atoms with E-state index in [-0.39, 0.29) is 0 Å². The van der Waals surface area contributed by atoms with Crippen molar-refractivity contribution in [1.29, 1.82) is 0 Å². The van der Waals surface area contributed by atoms with Crippen molar-refractivity contribution in [2.45, 2.75) is 6.54 Å². The molecule has 0 saturated heterocycles. The second-order valence-corrected chi connectivity index (χ2v) is 6.15. The van der Waals surface area contributed by atoms with Gasteiger partial charge < -0.3 is 10.1 Å². The molecule has 1 aliphatic heterocycles. The molecule has 0 unspecified atom stereocenters. The lowest BCUT2D eigenvalue weighted by molar-refractivity contribution is 0.210. The van der Waals surface area contributed by atoms with Crippen molar-refractivity contribution in [3.63, 3.8) is 0 Å². The van der Waals surface area contributed by atoms with E-state index >= 15 is 0 Å². The molecule has 0 radical (unpaired) electrons. The Balaban J connectivity index is 1.64. The lowest BCUT2D eigenvalue weighted by atomic mass is 9.98. The predicted octanol–water partition coefficient (Wildman–Crippen LogP) is 2.29. The summed E-state index contributed by atoms with van der Waals surface area (Å²) in [4.78, 5) is 13.4. The zero-order valence-electron chi connectivity index (χ0n) is 14.8. The Kier molecular flexibility index (Phi) is 4.45. The molecule has 0 saturated carbocycles. The van der Waals surface area contributed by atoms with Crippen LogP contribution in [-0.4, -0.2) is 45.7 Å². The molecule has 7 nitrogen and oxygen atoms in total. The van der Waals surface area contributed by atoms with Gasteiger partial charge in [0.15, 0.2) is 0 Å². The summed E-state index contributed by atoms with van der Waals surface area (Å²) in [5.41, 5.74) is 6.27. The summed E-state index contributed by atoms with van der Waals surface area (Å²) in [6, 6.07) is 8.35. The van der Waals surface area contributed by atoms with Crippen LogP contribution in [0.3, 0.4) is 0 Å². The van der Waals surface area contributed by atoms with Crippen molar-refractivity contribution in [3.8, 4) is 11.1 Å². The second kappa shape index (κ2) is 7.05. The molecule has 4 rings (SSSR count). The van der Waals surface area contributed by atoms with E-state index in [9.17, 15) is 0 Å². The molecule has 0 amide bonds. The van der Waals surface area contributed by atoms with Crippen LogP contribution in [0.25, 0.3) is 11.1 Å². The maximum Gasteiger partial charge on any atom is 0.130 e. The van der Waals surface area contributed by atoms with E-state index in [1.807, 2.05) is 25.5 Å². The molecule has 1 aliphatic rings. The Morgan fingerprint density at radius 2 is 2.12 bits per heavy atom. The van der Waals surface area contributed by atoms with Crippen LogP contribution in [0.2, 0.25) is 0 Å². The van der Waals surface area contributed by atoms with E-state index in [1.54, 1.807) is 18.1 Å². The second-order valence-electron chi connectivity index (χ2n) is 6.15. The molecule has 1 aromatic carbocycles. The number of hydrogen-bond acceptors (Lipinski definition) is 6. The van der Waals surface area contributed by atoms with Gasteiger partial charge in [-0.05, 0) is 17.2 Å². The van der Waals surface area contributed by atoms with E-state index < -0.39 is 0 Å². The fourth-order valence-corrected chi connectivity index (χ4v) is 3.02. The first-order chi connectivity index (χ1) is 12.7. The Hall–Kier alpha value is -3.06. The standard InChI is InChI=1S/C19H20N6O/c1-25-11-15(10-24-25)13-3-4-14-9-21-19(16(14)7-13)17-8-18(23-12-22-17)20-5-6-26-2/h3-4,7-8,10-12H,5-6,9H2,1-2H3,(H,20,22,23). The number of rotatable bonds is 6. The first-order valence-electron chi connectivity index (χ1n) is 8.46. The third-order valence-corrected chi connectivity index (χ3v) is 4.33. The van der Waals surface area contributed by atoms with Crippen LogP contribution in [0.5, 0.6) is 0 Å². The smallest absolute Gasteiger partial charge is 0.130 e. The lowest BCUT2D eigenvalue weighted by Gasteiger charge is -2.08. The molecular weight excluding hydrogens is 328 g/mol. The first-order valence-corrected chi connectivity index (χ1v) is 8.46. The van der Waals surface area contributed by atoms with E-state index in [0.717, 1.165) is 33.9 Å². The van der Waals surface area contributed by atoms with Crippen LogP contribution in [0.15, 0.2) is 48.0 Å². The maximum atomic E-state index is 5.06. The van der Waals surface area contributed by atoms with Crippen LogP contribution in [0.1, 0.15) is 16.8 Å². The van der Waals surface area contributed by atoms with Crippen molar-refractivity contribution in [2.75, 3.05) is 25.6 Å². The number of benzene rings is 1. The van der Waals surface area contributed by atoms with Crippen molar-refractivity contribution in [1.82, 2.24) is 19.7 Å². The van der Waals surface area contributed by atoms with Gasteiger partial charge in [-0.3, -0.25) is 9.67 Å². The Labute approximate surface area is 151 Å². The highest BCUT2D eigenvalue weighted by atomic mass is 16.5. The molecule has 3 aromatic rings. The maximum absolute atomic E-state index is 5.06. The van der Waals surface area contributed by atoms with Crippen LogP contribution in [-0.2, 0) is 18.3 Å². The Bertz CT molecular complexity index is 962. The number of nitrogens with zero attached hydrogens (tertiary/aromatic N) is 5. The fraction of sp³-hybridized carbons (Fsp3) is 0.263. The van der Waals surface area contributed by atoms with E-state index in [0.29, 0.717) is 19.7 Å². The molecule has 2 aromatic heterocycles. The van der Waals surface area contributed by atoms with Gasteiger partial charge in [-0.2, -0.15) is 5.10 Å². The average molecular weight is 348 g/mol. The number of aliphatic imine (C=N–C) groups is 1. The number of aromatic nitrogens is 4. The summed E-state index contributed by atoms with van der Waals surface area (Å²) in [5, 5.41) is 7.49. The summed E-state index contributed by atoms with van der Waals surface area (Å²) in [7, 11) is 3.60. The number of ether oxygens (including phenoxy) is 1. The van der Waals surface area contributed by atoms with Gasteiger partial charge in [0.05, 0.1) is 30.8 Å². The van der Waals surface area contributed by atoms with Crippen LogP contribution in [0.4, 0.5) is 5.82 Å². The third kappa shape index (κ3) is 3.21. The summed E-state index contributed by atoms with van der Waals surface area (Å²) in [6.07, 6.45) is 5.45. The number of methoxy groups -OCH3 is 1. The van der Waals surface area contributed by atoms with Gasteiger partial charge in [0, 0.05) is 44.1 Å². The minimum Gasteiger partial charge on any atom is -0.383 e. The largest absolute Gasteiger partial charge is 0.383 e. The lowest BCUT2D eigenvalue weighted by Crippen LogP contribution is -2.11. The van der Waals surface area contributed by atoms with Gasteiger partial charge in [0.25, 0.3) is 0 Å². The van der Waals surface area contributed by atoms with Gasteiger partial charge in [0.1, 0.15) is 12.1 Å². The molecule has 1 N–H and O–H groups in total. The van der Waals surface area contributed by atoms with Crippen molar-refractivity contribution in [3.05, 3.63) is 59.8 Å². The molecule has 0 atom stereocenters. The highest BCUT2D eigenvalue weighted by molar-refractivity contribution is 6.14. The molecule has 26 heavy (non-hydrogen) atoms. The van der Waals surface area contributed by atoms with Gasteiger partial charge in [-0.1, -0.05) is 12.1 Å². The normalized spacial score (nSPS) is 12.8. The van der Waals surface area contributed by atoms with E-state index in [4.69, 9.17) is 9.73 Å². The first kappa shape index (κ1) is 16.4. The third-order valence-electron chi connectivity index (χ3n) is 4.33. The van der Waals surface area contributed by atoms with E-state index in [1.165, 1.54) is 5.56 Å². The molecular formula is C19H20N6O. The topological polar surface area (TPSA) is 77.2 Å². The SMILES string of the molecule is COCCNc1cc(C2=NCc3ccc(-c4cnn(C)c4)cc32)ncn1. The summed E-state index contributed by atoms with van der Waals surface area (Å²) < 4.78 is 6.87. The van der Waals surface area contributed by atoms with Crippen molar-refractivity contribution >= 4 is 11.5 Å². The predicted molar refractivity (Wildman–Crippen MR) is 100 cm³/mol. The highest BCUT2D eigenvalue weighted by Crippen LogP contribution is 2.28. The summed E-state index contributed by atoms with van der Waals surface area (Å²) >= 11 is 0.